The van der Waals surface area contributed by atoms with E-state index in [0.717, 1.165) is 5.56 Å². The van der Waals surface area contributed by atoms with Crippen LogP contribution in [0.1, 0.15) is 18.4 Å². The summed E-state index contributed by atoms with van der Waals surface area (Å²) in [6.45, 7) is 1.12. The van der Waals surface area contributed by atoms with Gasteiger partial charge >= 0.3 is 12.0 Å². The number of halogens is 1. The molecule has 1 aromatic rings. The largest absolute Gasteiger partial charge is 0.496 e. The van der Waals surface area contributed by atoms with Gasteiger partial charge in [0.1, 0.15) is 5.75 Å². The molecule has 6 nitrogen and oxygen atoms in total. The maximum absolute atomic E-state index is 12.2. The number of nitrogens with one attached hydrogen (secondary N) is 1. The van der Waals surface area contributed by atoms with Crippen LogP contribution in [0, 0.1) is 5.92 Å². The van der Waals surface area contributed by atoms with Gasteiger partial charge in [-0.2, -0.15) is 0 Å². The molecule has 22 heavy (non-hydrogen) atoms. The first-order valence-corrected chi connectivity index (χ1v) is 7.47. The Morgan fingerprint density at radius 3 is 2.95 bits per heavy atom. The van der Waals surface area contributed by atoms with Crippen molar-refractivity contribution in [3.63, 3.8) is 0 Å². The Bertz CT molecular complexity index is 564. The Hall–Kier alpha value is -1.95. The lowest BCUT2D eigenvalue weighted by Crippen LogP contribution is -2.46. The number of urea groups is 1. The lowest BCUT2D eigenvalue weighted by atomic mass is 9.99. The summed E-state index contributed by atoms with van der Waals surface area (Å²) in [6, 6.07) is 4.94. The molecule has 1 heterocycles. The first-order chi connectivity index (χ1) is 10.5. The van der Waals surface area contributed by atoms with Crippen molar-refractivity contribution in [2.45, 2.75) is 19.4 Å². The van der Waals surface area contributed by atoms with Gasteiger partial charge in [0, 0.05) is 30.2 Å². The lowest BCUT2D eigenvalue weighted by molar-refractivity contribution is -0.143. The molecule has 2 amide bonds. The van der Waals surface area contributed by atoms with Crippen LogP contribution >= 0.6 is 11.6 Å². The Labute approximate surface area is 134 Å². The summed E-state index contributed by atoms with van der Waals surface area (Å²) >= 11 is 5.89. The number of carbonyl (C=O) groups is 2. The number of amides is 2. The highest BCUT2D eigenvalue weighted by Crippen LogP contribution is 2.23. The van der Waals surface area contributed by atoms with E-state index in [1.807, 2.05) is 0 Å². The van der Waals surface area contributed by atoms with Gasteiger partial charge in [0.25, 0.3) is 0 Å². The van der Waals surface area contributed by atoms with Crippen LogP contribution in [-0.4, -0.2) is 42.2 Å². The molecule has 1 aromatic carbocycles. The van der Waals surface area contributed by atoms with E-state index in [1.165, 1.54) is 0 Å². The normalized spacial score (nSPS) is 17.9. The predicted molar refractivity (Wildman–Crippen MR) is 82.2 cm³/mol. The van der Waals surface area contributed by atoms with E-state index < -0.39 is 11.9 Å². The van der Waals surface area contributed by atoms with Crippen molar-refractivity contribution in [3.8, 4) is 5.75 Å². The lowest BCUT2D eigenvalue weighted by Gasteiger charge is -2.30. The summed E-state index contributed by atoms with van der Waals surface area (Å²) < 4.78 is 5.23. The number of carbonyl (C=O) groups excluding carboxylic acids is 1. The van der Waals surface area contributed by atoms with Crippen LogP contribution in [-0.2, 0) is 11.3 Å². The highest BCUT2D eigenvalue weighted by Gasteiger charge is 2.28. The summed E-state index contributed by atoms with van der Waals surface area (Å²) in [5, 5.41) is 12.4. The molecule has 1 aliphatic rings. The van der Waals surface area contributed by atoms with Gasteiger partial charge in [-0.1, -0.05) is 17.7 Å². The number of hydrogen-bond donors (Lipinski definition) is 2. The minimum absolute atomic E-state index is 0.249. The summed E-state index contributed by atoms with van der Waals surface area (Å²) in [5.74, 6) is -0.726. The molecular formula is C15H19ClN2O4. The van der Waals surface area contributed by atoms with Crippen molar-refractivity contribution in [2.75, 3.05) is 20.2 Å². The molecule has 7 heteroatoms. The molecule has 0 aromatic heterocycles. The van der Waals surface area contributed by atoms with Crippen molar-refractivity contribution < 1.29 is 19.4 Å². The highest BCUT2D eigenvalue weighted by atomic mass is 35.5. The van der Waals surface area contributed by atoms with E-state index >= 15 is 0 Å². The third kappa shape index (κ3) is 4.04. The van der Waals surface area contributed by atoms with Crippen LogP contribution in [0.15, 0.2) is 18.2 Å². The molecule has 0 radical (unpaired) electrons. The molecule has 2 rings (SSSR count). The second-order valence-corrected chi connectivity index (χ2v) is 5.67. The minimum atomic E-state index is -0.850. The number of nitrogens with zero attached hydrogens (tertiary/aromatic N) is 1. The zero-order valence-corrected chi connectivity index (χ0v) is 13.1. The number of benzene rings is 1. The van der Waals surface area contributed by atoms with Gasteiger partial charge in [-0.25, -0.2) is 4.79 Å². The Balaban J connectivity index is 1.94. The zero-order chi connectivity index (χ0) is 16.1. The predicted octanol–water partition coefficient (Wildman–Crippen LogP) is 2.35. The van der Waals surface area contributed by atoms with Crippen molar-refractivity contribution in [1.29, 1.82) is 0 Å². The number of hydrogen-bond acceptors (Lipinski definition) is 3. The van der Waals surface area contributed by atoms with E-state index in [9.17, 15) is 9.59 Å². The van der Waals surface area contributed by atoms with Crippen LogP contribution in [0.25, 0.3) is 0 Å². The number of piperidine rings is 1. The van der Waals surface area contributed by atoms with Crippen LogP contribution in [0.3, 0.4) is 0 Å². The van der Waals surface area contributed by atoms with Gasteiger partial charge in [0.2, 0.25) is 0 Å². The maximum Gasteiger partial charge on any atom is 0.317 e. The number of carboxylic acids is 1. The Morgan fingerprint density at radius 1 is 1.50 bits per heavy atom. The number of rotatable bonds is 4. The fraction of sp³-hybridized carbons (Fsp3) is 0.467. The molecule has 1 saturated heterocycles. The number of likely N-dealkylation sites (tertiary alicyclic amines) is 1. The molecule has 1 fully saturated rings. The topological polar surface area (TPSA) is 78.9 Å². The molecule has 2 N–H and O–H groups in total. The SMILES string of the molecule is COc1cc(Cl)ccc1CNC(=O)N1CCCC(C(=O)O)C1. The van der Waals surface area contributed by atoms with Crippen molar-refractivity contribution >= 4 is 23.6 Å². The summed E-state index contributed by atoms with van der Waals surface area (Å²) in [4.78, 5) is 24.7. The van der Waals surface area contributed by atoms with Crippen LogP contribution in [0.5, 0.6) is 5.75 Å². The van der Waals surface area contributed by atoms with Gasteiger partial charge in [-0.05, 0) is 25.0 Å². The quantitative estimate of drug-likeness (QED) is 0.890. The molecule has 1 atom stereocenters. The molecule has 120 valence electrons. The molecule has 1 unspecified atom stereocenters. The molecule has 0 bridgehead atoms. The van der Waals surface area contributed by atoms with E-state index in [-0.39, 0.29) is 12.6 Å². The first-order valence-electron chi connectivity index (χ1n) is 7.09. The summed E-state index contributed by atoms with van der Waals surface area (Å²) in [5.41, 5.74) is 0.812. The van der Waals surface area contributed by atoms with Gasteiger partial charge in [-0.15, -0.1) is 0 Å². The number of carboxylic acid groups (broad SMARTS) is 1. The number of methoxy groups -OCH3 is 1. The van der Waals surface area contributed by atoms with Crippen molar-refractivity contribution in [2.24, 2.45) is 5.92 Å². The third-order valence-electron chi connectivity index (χ3n) is 3.74. The fourth-order valence-electron chi connectivity index (χ4n) is 2.51. The van der Waals surface area contributed by atoms with E-state index in [2.05, 4.69) is 5.32 Å². The average Bonchev–Trinajstić information content (AvgIpc) is 2.53. The minimum Gasteiger partial charge on any atom is -0.496 e. The van der Waals surface area contributed by atoms with E-state index in [1.54, 1.807) is 30.2 Å². The molecule has 0 saturated carbocycles. The van der Waals surface area contributed by atoms with Crippen molar-refractivity contribution in [1.82, 2.24) is 10.2 Å². The number of aliphatic carboxylic acids is 1. The molecule has 0 aliphatic carbocycles. The monoisotopic (exact) mass is 326 g/mol. The smallest absolute Gasteiger partial charge is 0.317 e. The standard InChI is InChI=1S/C15H19ClN2O4/c1-22-13-7-12(16)5-4-10(13)8-17-15(21)18-6-2-3-11(9-18)14(19)20/h4-5,7,11H,2-3,6,8-9H2,1H3,(H,17,21)(H,19,20). The fourth-order valence-corrected chi connectivity index (χ4v) is 2.67. The third-order valence-corrected chi connectivity index (χ3v) is 3.97. The van der Waals surface area contributed by atoms with Gasteiger partial charge < -0.3 is 20.1 Å². The maximum atomic E-state index is 12.2. The zero-order valence-electron chi connectivity index (χ0n) is 12.3. The number of ether oxygens (including phenoxy) is 1. The Kier molecular flexibility index (Phi) is 5.49. The Morgan fingerprint density at radius 2 is 2.27 bits per heavy atom. The second-order valence-electron chi connectivity index (χ2n) is 5.24. The molecule has 0 spiro atoms. The molecular weight excluding hydrogens is 308 g/mol. The van der Waals surface area contributed by atoms with Gasteiger partial charge in [-0.3, -0.25) is 4.79 Å². The van der Waals surface area contributed by atoms with Crippen molar-refractivity contribution in [3.05, 3.63) is 28.8 Å². The van der Waals surface area contributed by atoms with Crippen LogP contribution in [0.2, 0.25) is 5.02 Å². The summed E-state index contributed by atoms with van der Waals surface area (Å²) in [7, 11) is 1.54. The average molecular weight is 327 g/mol. The highest BCUT2D eigenvalue weighted by molar-refractivity contribution is 6.30. The van der Waals surface area contributed by atoms with Crippen LogP contribution in [0.4, 0.5) is 4.79 Å². The second kappa shape index (κ2) is 7.35. The molecule has 1 aliphatic heterocycles. The first kappa shape index (κ1) is 16.4. The van der Waals surface area contributed by atoms with E-state index in [4.69, 9.17) is 21.4 Å². The van der Waals surface area contributed by atoms with Gasteiger partial charge in [0.05, 0.1) is 13.0 Å². The van der Waals surface area contributed by atoms with Crippen LogP contribution < -0.4 is 10.1 Å². The van der Waals surface area contributed by atoms with E-state index in [0.29, 0.717) is 36.7 Å². The summed E-state index contributed by atoms with van der Waals surface area (Å²) in [6.07, 6.45) is 1.32. The van der Waals surface area contributed by atoms with Gasteiger partial charge in [0.15, 0.2) is 0 Å².